The zero-order valence-electron chi connectivity index (χ0n) is 11.5. The van der Waals surface area contributed by atoms with Gasteiger partial charge in [-0.25, -0.2) is 0 Å². The lowest BCUT2D eigenvalue weighted by Gasteiger charge is -2.07. The number of rotatable bonds is 5. The monoisotopic (exact) mass is 280 g/mol. The minimum atomic E-state index is 0.577. The summed E-state index contributed by atoms with van der Waals surface area (Å²) in [6.07, 6.45) is 0.877. The third kappa shape index (κ3) is 3.06. The molecule has 3 aromatic rings. The lowest BCUT2D eigenvalue weighted by atomic mass is 10.1. The van der Waals surface area contributed by atoms with Gasteiger partial charge in [-0.1, -0.05) is 35.4 Å². The van der Waals surface area contributed by atoms with E-state index in [9.17, 15) is 0 Å². The number of para-hydroxylation sites is 1. The molecule has 0 aliphatic carbocycles. The van der Waals surface area contributed by atoms with E-state index in [4.69, 9.17) is 5.73 Å². The highest BCUT2D eigenvalue weighted by Crippen LogP contribution is 2.17. The number of benzene rings is 2. The quantitative estimate of drug-likeness (QED) is 0.746. The van der Waals surface area contributed by atoms with Crippen molar-refractivity contribution < 1.29 is 0 Å². The van der Waals surface area contributed by atoms with Gasteiger partial charge in [-0.05, 0) is 53.2 Å². The number of nitrogens with one attached hydrogen (secondary N) is 1. The predicted molar refractivity (Wildman–Crippen MR) is 81.6 cm³/mol. The molecule has 0 radical (unpaired) electrons. The fourth-order valence-corrected chi connectivity index (χ4v) is 2.06. The van der Waals surface area contributed by atoms with Crippen LogP contribution in [-0.2, 0) is 6.42 Å². The molecule has 2 aromatic carbocycles. The molecule has 0 bridgehead atoms. The third-order valence-corrected chi connectivity index (χ3v) is 3.11. The summed E-state index contributed by atoms with van der Waals surface area (Å²) >= 11 is 0. The topological polar surface area (TPSA) is 81.7 Å². The van der Waals surface area contributed by atoms with Crippen molar-refractivity contribution in [3.63, 3.8) is 0 Å². The van der Waals surface area contributed by atoms with Crippen molar-refractivity contribution in [2.45, 2.75) is 6.42 Å². The van der Waals surface area contributed by atoms with Gasteiger partial charge < -0.3 is 11.1 Å². The van der Waals surface area contributed by atoms with Gasteiger partial charge >= 0.3 is 0 Å². The van der Waals surface area contributed by atoms with E-state index in [0.29, 0.717) is 12.5 Å². The van der Waals surface area contributed by atoms with E-state index >= 15 is 0 Å². The number of hydrogen-bond acceptors (Lipinski definition) is 5. The molecule has 0 saturated carbocycles. The minimum absolute atomic E-state index is 0.577. The van der Waals surface area contributed by atoms with Crippen LogP contribution in [0, 0.1) is 0 Å². The molecule has 3 N–H and O–H groups in total. The van der Waals surface area contributed by atoms with Crippen molar-refractivity contribution in [2.24, 2.45) is 5.73 Å². The summed E-state index contributed by atoms with van der Waals surface area (Å²) in [5.74, 6) is 0.577. The molecule has 0 spiro atoms. The molecule has 6 nitrogen and oxygen atoms in total. The van der Waals surface area contributed by atoms with Gasteiger partial charge in [0.2, 0.25) is 0 Å². The fourth-order valence-electron chi connectivity index (χ4n) is 2.06. The van der Waals surface area contributed by atoms with Crippen molar-refractivity contribution in [3.8, 4) is 5.69 Å². The normalized spacial score (nSPS) is 10.5. The van der Waals surface area contributed by atoms with E-state index in [2.05, 4.69) is 20.8 Å². The first-order chi connectivity index (χ1) is 10.4. The van der Waals surface area contributed by atoms with Gasteiger partial charge in [-0.2, -0.15) is 4.68 Å². The second-order valence-corrected chi connectivity index (χ2v) is 4.61. The lowest BCUT2D eigenvalue weighted by molar-refractivity contribution is 0.791. The van der Waals surface area contributed by atoms with Crippen molar-refractivity contribution >= 4 is 11.6 Å². The average molecular weight is 280 g/mol. The molecule has 6 heteroatoms. The minimum Gasteiger partial charge on any atom is -0.330 e. The van der Waals surface area contributed by atoms with Crippen molar-refractivity contribution in [1.82, 2.24) is 20.2 Å². The van der Waals surface area contributed by atoms with Crippen LogP contribution in [0.5, 0.6) is 0 Å². The van der Waals surface area contributed by atoms with Gasteiger partial charge in [-0.15, -0.1) is 0 Å². The molecule has 0 saturated heterocycles. The van der Waals surface area contributed by atoms with E-state index in [1.54, 1.807) is 4.68 Å². The molecule has 0 aliphatic heterocycles. The Morgan fingerprint density at radius 3 is 2.48 bits per heavy atom. The molecule has 106 valence electrons. The standard InChI is InChI=1S/C15H16N6/c16-11-10-12-6-8-13(9-7-12)17-15-18-19-20-21(15)14-4-2-1-3-5-14/h1-9H,10-11,16H2,(H,17,18,20). The Morgan fingerprint density at radius 1 is 1.00 bits per heavy atom. The first-order valence-corrected chi connectivity index (χ1v) is 6.76. The highest BCUT2D eigenvalue weighted by atomic mass is 15.6. The van der Waals surface area contributed by atoms with E-state index in [0.717, 1.165) is 17.8 Å². The third-order valence-electron chi connectivity index (χ3n) is 3.11. The first kappa shape index (κ1) is 13.3. The summed E-state index contributed by atoms with van der Waals surface area (Å²) in [6.45, 7) is 0.652. The number of nitrogens with zero attached hydrogens (tertiary/aromatic N) is 4. The maximum absolute atomic E-state index is 5.55. The Kier molecular flexibility index (Phi) is 3.88. The van der Waals surface area contributed by atoms with E-state index < -0.39 is 0 Å². The Labute approximate surface area is 122 Å². The number of nitrogens with two attached hydrogens (primary N) is 1. The molecule has 0 atom stereocenters. The molecule has 1 aromatic heterocycles. The van der Waals surface area contributed by atoms with Crippen LogP contribution in [0.2, 0.25) is 0 Å². The first-order valence-electron chi connectivity index (χ1n) is 6.76. The van der Waals surface area contributed by atoms with Gasteiger partial charge in [0, 0.05) is 5.69 Å². The van der Waals surface area contributed by atoms with Crippen LogP contribution in [0.15, 0.2) is 54.6 Å². The van der Waals surface area contributed by atoms with Gasteiger partial charge in [-0.3, -0.25) is 0 Å². The zero-order chi connectivity index (χ0) is 14.5. The highest BCUT2D eigenvalue weighted by Gasteiger charge is 2.07. The Balaban J connectivity index is 1.81. The summed E-state index contributed by atoms with van der Waals surface area (Å²) in [5, 5.41) is 15.0. The SMILES string of the molecule is NCCc1ccc(Nc2nnnn2-c2ccccc2)cc1. The Hall–Kier alpha value is -2.73. The molecule has 3 rings (SSSR count). The molecule has 0 unspecified atom stereocenters. The highest BCUT2D eigenvalue weighted by molar-refractivity contribution is 5.55. The van der Waals surface area contributed by atoms with Crippen LogP contribution >= 0.6 is 0 Å². The molecule has 0 aliphatic rings. The summed E-state index contributed by atoms with van der Waals surface area (Å²) < 4.78 is 1.66. The number of anilines is 2. The van der Waals surface area contributed by atoms with Crippen LogP contribution in [0.25, 0.3) is 5.69 Å². The van der Waals surface area contributed by atoms with Crippen LogP contribution in [0.1, 0.15) is 5.56 Å². The van der Waals surface area contributed by atoms with E-state index in [1.807, 2.05) is 54.6 Å². The smallest absolute Gasteiger partial charge is 0.252 e. The Bertz CT molecular complexity index is 690. The fraction of sp³-hybridized carbons (Fsp3) is 0.133. The lowest BCUT2D eigenvalue weighted by Crippen LogP contribution is -2.04. The van der Waals surface area contributed by atoms with Crippen LogP contribution < -0.4 is 11.1 Å². The van der Waals surface area contributed by atoms with E-state index in [-0.39, 0.29) is 0 Å². The van der Waals surface area contributed by atoms with Crippen LogP contribution in [0.3, 0.4) is 0 Å². The summed E-state index contributed by atoms with van der Waals surface area (Å²) in [5.41, 5.74) is 8.60. The average Bonchev–Trinajstić information content (AvgIpc) is 2.98. The summed E-state index contributed by atoms with van der Waals surface area (Å²) in [4.78, 5) is 0. The van der Waals surface area contributed by atoms with Crippen molar-refractivity contribution in [1.29, 1.82) is 0 Å². The molecular formula is C15H16N6. The molecule has 0 amide bonds. The zero-order valence-corrected chi connectivity index (χ0v) is 11.5. The number of aromatic nitrogens is 4. The largest absolute Gasteiger partial charge is 0.330 e. The molecule has 1 heterocycles. The predicted octanol–water partition coefficient (Wildman–Crippen LogP) is 1.91. The van der Waals surface area contributed by atoms with E-state index in [1.165, 1.54) is 5.56 Å². The second kappa shape index (κ2) is 6.15. The van der Waals surface area contributed by atoms with Crippen molar-refractivity contribution in [2.75, 3.05) is 11.9 Å². The van der Waals surface area contributed by atoms with Gasteiger partial charge in [0.1, 0.15) is 0 Å². The number of tetrazole rings is 1. The van der Waals surface area contributed by atoms with Gasteiger partial charge in [0.25, 0.3) is 5.95 Å². The maximum Gasteiger partial charge on any atom is 0.252 e. The van der Waals surface area contributed by atoms with Crippen LogP contribution in [0.4, 0.5) is 11.6 Å². The summed E-state index contributed by atoms with van der Waals surface area (Å²) in [7, 11) is 0. The molecule has 0 fully saturated rings. The van der Waals surface area contributed by atoms with Gasteiger partial charge in [0.05, 0.1) is 5.69 Å². The van der Waals surface area contributed by atoms with Crippen molar-refractivity contribution in [3.05, 3.63) is 60.2 Å². The molecular weight excluding hydrogens is 264 g/mol. The Morgan fingerprint density at radius 2 is 1.76 bits per heavy atom. The number of hydrogen-bond donors (Lipinski definition) is 2. The summed E-state index contributed by atoms with van der Waals surface area (Å²) in [6, 6.07) is 17.8. The van der Waals surface area contributed by atoms with Gasteiger partial charge in [0.15, 0.2) is 0 Å². The maximum atomic E-state index is 5.55. The second-order valence-electron chi connectivity index (χ2n) is 4.61. The molecule has 21 heavy (non-hydrogen) atoms. The van der Waals surface area contributed by atoms with Crippen LogP contribution in [-0.4, -0.2) is 26.8 Å².